The number of unbranched alkanes of at least 4 members (excludes halogenated alkanes) is 2. The van der Waals surface area contributed by atoms with Crippen LogP contribution in [0.2, 0.25) is 10.6 Å². The SMILES string of the molecule is CCC[CH2][Al]([CH2]CCC)[O]C(CCC)N(C)C. The number of hydrogen-bond acceptors (Lipinski definition) is 2. The number of rotatable bonds is 11. The standard InChI is InChI=1S/C6H14NO.2C4H9.Al/c1-4-5-6(8)7(2)3;2*1-3-4-2;/h6H,4-5H2,1-3H3;2*1,3-4H2,2H3;/q-1;;;+1. The van der Waals surface area contributed by atoms with E-state index >= 15 is 0 Å². The Labute approximate surface area is 113 Å². The molecule has 0 fully saturated rings. The lowest BCUT2D eigenvalue weighted by molar-refractivity contribution is 0.0527. The van der Waals surface area contributed by atoms with Crippen molar-refractivity contribution in [3.63, 3.8) is 0 Å². The Balaban J connectivity index is 4.14. The van der Waals surface area contributed by atoms with Gasteiger partial charge in [0.25, 0.3) is 0 Å². The summed E-state index contributed by atoms with van der Waals surface area (Å²) < 4.78 is 6.42. The highest BCUT2D eigenvalue weighted by atomic mass is 27.2. The van der Waals surface area contributed by atoms with Gasteiger partial charge in [0.05, 0.1) is 6.23 Å². The van der Waals surface area contributed by atoms with E-state index in [2.05, 4.69) is 39.8 Å². The molecule has 0 saturated carbocycles. The smallest absolute Gasteiger partial charge is 0.461 e. The fraction of sp³-hybridized carbons (Fsp3) is 1.00. The quantitative estimate of drug-likeness (QED) is 0.404. The molecular formula is C14H32AlNO. The molecule has 0 saturated heterocycles. The minimum absolute atomic E-state index is 0.366. The molecular weight excluding hydrogens is 225 g/mol. The maximum Gasteiger partial charge on any atom is 0.461 e. The molecule has 0 N–H and O–H groups in total. The monoisotopic (exact) mass is 257 g/mol. The lowest BCUT2D eigenvalue weighted by atomic mass is 10.3. The second kappa shape index (κ2) is 11.5. The van der Waals surface area contributed by atoms with Gasteiger partial charge in [0.2, 0.25) is 0 Å². The third kappa shape index (κ3) is 9.08. The van der Waals surface area contributed by atoms with Gasteiger partial charge in [0.1, 0.15) is 0 Å². The highest BCUT2D eigenvalue weighted by molar-refractivity contribution is 6.51. The summed E-state index contributed by atoms with van der Waals surface area (Å²) in [5.74, 6) is 0. The molecule has 0 aromatic carbocycles. The van der Waals surface area contributed by atoms with Crippen molar-refractivity contribution in [1.82, 2.24) is 4.90 Å². The van der Waals surface area contributed by atoms with Crippen molar-refractivity contribution in [2.75, 3.05) is 14.1 Å². The van der Waals surface area contributed by atoms with E-state index < -0.39 is 14.5 Å². The minimum atomic E-state index is -0.956. The highest BCUT2D eigenvalue weighted by Crippen LogP contribution is 2.16. The zero-order valence-electron chi connectivity index (χ0n) is 12.7. The topological polar surface area (TPSA) is 12.5 Å². The van der Waals surface area contributed by atoms with E-state index in [0.717, 1.165) is 0 Å². The number of nitrogens with zero attached hydrogens (tertiary/aromatic N) is 1. The predicted molar refractivity (Wildman–Crippen MR) is 78.7 cm³/mol. The second-order valence-corrected chi connectivity index (χ2v) is 7.92. The Morgan fingerprint density at radius 1 is 0.941 bits per heavy atom. The first-order chi connectivity index (χ1) is 8.15. The summed E-state index contributed by atoms with van der Waals surface area (Å²) in [6, 6.07) is 0. The van der Waals surface area contributed by atoms with Crippen LogP contribution in [0.4, 0.5) is 0 Å². The molecule has 102 valence electrons. The Kier molecular flexibility index (Phi) is 11.8. The first kappa shape index (κ1) is 17.5. The van der Waals surface area contributed by atoms with E-state index in [9.17, 15) is 0 Å². The molecule has 0 aliphatic carbocycles. The third-order valence-corrected chi connectivity index (χ3v) is 6.02. The van der Waals surface area contributed by atoms with Crippen molar-refractivity contribution >= 4 is 14.5 Å². The molecule has 0 bridgehead atoms. The summed E-state index contributed by atoms with van der Waals surface area (Å²) in [6.07, 6.45) is 8.07. The molecule has 0 aromatic rings. The minimum Gasteiger partial charge on any atom is -0.487 e. The van der Waals surface area contributed by atoms with Crippen LogP contribution in [0.1, 0.15) is 59.3 Å². The van der Waals surface area contributed by atoms with Crippen LogP contribution in [0.25, 0.3) is 0 Å². The lowest BCUT2D eigenvalue weighted by Gasteiger charge is -2.28. The summed E-state index contributed by atoms with van der Waals surface area (Å²) in [7, 11) is 4.29. The molecule has 0 radical (unpaired) electrons. The molecule has 0 aliphatic rings. The van der Waals surface area contributed by atoms with Crippen molar-refractivity contribution in [1.29, 1.82) is 0 Å². The molecule has 0 aromatic heterocycles. The molecule has 0 heterocycles. The van der Waals surface area contributed by atoms with Crippen molar-refractivity contribution in [3.05, 3.63) is 0 Å². The molecule has 17 heavy (non-hydrogen) atoms. The Bertz CT molecular complexity index is 156. The summed E-state index contributed by atoms with van der Waals surface area (Å²) in [4.78, 5) is 2.25. The van der Waals surface area contributed by atoms with Crippen molar-refractivity contribution in [2.45, 2.75) is 76.1 Å². The molecule has 0 rings (SSSR count). The van der Waals surface area contributed by atoms with Crippen LogP contribution in [0.3, 0.4) is 0 Å². The summed E-state index contributed by atoms with van der Waals surface area (Å²) >= 11 is -0.956. The lowest BCUT2D eigenvalue weighted by Crippen LogP contribution is -2.36. The largest absolute Gasteiger partial charge is 0.487 e. The maximum atomic E-state index is 6.42. The Hall–Kier alpha value is 0.452. The van der Waals surface area contributed by atoms with Gasteiger partial charge in [0, 0.05) is 0 Å². The van der Waals surface area contributed by atoms with Crippen LogP contribution in [0.15, 0.2) is 0 Å². The van der Waals surface area contributed by atoms with Crippen LogP contribution >= 0.6 is 0 Å². The van der Waals surface area contributed by atoms with E-state index in [1.807, 2.05) is 0 Å². The van der Waals surface area contributed by atoms with Crippen LogP contribution < -0.4 is 0 Å². The van der Waals surface area contributed by atoms with Gasteiger partial charge in [-0.1, -0.05) is 63.4 Å². The molecule has 0 spiro atoms. The van der Waals surface area contributed by atoms with E-state index in [0.29, 0.717) is 6.23 Å². The summed E-state index contributed by atoms with van der Waals surface area (Å²) in [5.41, 5.74) is 0. The molecule has 2 nitrogen and oxygen atoms in total. The van der Waals surface area contributed by atoms with Gasteiger partial charge >= 0.3 is 14.5 Å². The normalized spacial score (nSPS) is 13.1. The van der Waals surface area contributed by atoms with Gasteiger partial charge in [-0.2, -0.15) is 0 Å². The van der Waals surface area contributed by atoms with Crippen LogP contribution in [0, 0.1) is 0 Å². The van der Waals surface area contributed by atoms with E-state index in [1.54, 1.807) is 0 Å². The van der Waals surface area contributed by atoms with Gasteiger partial charge in [-0.15, -0.1) is 0 Å². The van der Waals surface area contributed by atoms with Gasteiger partial charge in [-0.25, -0.2) is 0 Å². The Morgan fingerprint density at radius 2 is 1.47 bits per heavy atom. The molecule has 3 heteroatoms. The average Bonchev–Trinajstić information content (AvgIpc) is 2.31. The fourth-order valence-corrected chi connectivity index (χ4v) is 5.17. The van der Waals surface area contributed by atoms with Crippen LogP contribution in [-0.2, 0) is 3.79 Å². The van der Waals surface area contributed by atoms with Gasteiger partial charge in [-0.05, 0) is 20.5 Å². The highest BCUT2D eigenvalue weighted by Gasteiger charge is 2.24. The van der Waals surface area contributed by atoms with Gasteiger partial charge in [-0.3, -0.25) is 4.90 Å². The van der Waals surface area contributed by atoms with Crippen LogP contribution in [0.5, 0.6) is 0 Å². The zero-order valence-corrected chi connectivity index (χ0v) is 13.8. The van der Waals surface area contributed by atoms with Crippen molar-refractivity contribution < 1.29 is 3.79 Å². The third-order valence-electron chi connectivity index (χ3n) is 3.22. The van der Waals surface area contributed by atoms with Crippen molar-refractivity contribution in [3.8, 4) is 0 Å². The molecule has 1 atom stereocenters. The predicted octanol–water partition coefficient (Wildman–Crippen LogP) is 4.28. The first-order valence-electron chi connectivity index (χ1n) is 7.47. The first-order valence-corrected chi connectivity index (χ1v) is 9.57. The van der Waals surface area contributed by atoms with Gasteiger partial charge < -0.3 is 3.79 Å². The number of hydrogen-bond donors (Lipinski definition) is 0. The zero-order chi connectivity index (χ0) is 13.1. The van der Waals surface area contributed by atoms with Crippen LogP contribution in [-0.4, -0.2) is 39.7 Å². The van der Waals surface area contributed by atoms with E-state index in [4.69, 9.17) is 3.79 Å². The maximum absolute atomic E-state index is 6.42. The summed E-state index contributed by atoms with van der Waals surface area (Å²) in [6.45, 7) is 6.80. The molecule has 0 aliphatic heterocycles. The van der Waals surface area contributed by atoms with Crippen molar-refractivity contribution in [2.24, 2.45) is 0 Å². The molecule has 0 amide bonds. The second-order valence-electron chi connectivity index (χ2n) is 5.25. The Morgan fingerprint density at radius 3 is 1.82 bits per heavy atom. The summed E-state index contributed by atoms with van der Waals surface area (Å²) in [5, 5.41) is 2.73. The molecule has 1 unspecified atom stereocenters. The average molecular weight is 257 g/mol. The van der Waals surface area contributed by atoms with E-state index in [1.165, 1.54) is 49.1 Å². The van der Waals surface area contributed by atoms with E-state index in [-0.39, 0.29) is 0 Å². The van der Waals surface area contributed by atoms with Gasteiger partial charge in [0.15, 0.2) is 0 Å². The fourth-order valence-electron chi connectivity index (χ4n) is 2.06.